The van der Waals surface area contributed by atoms with Gasteiger partial charge in [0.15, 0.2) is 0 Å². The van der Waals surface area contributed by atoms with E-state index < -0.39 is 5.97 Å². The standard InChI is InChI=1S/C18H26N2O3/c1-13-9-14(2)11-15(10-13)18(23)20-7-4-5-16(6-8-20)19(3)12-17(21)22/h9-11,16H,4-8,12H2,1-3H3,(H,21,22). The van der Waals surface area contributed by atoms with Gasteiger partial charge in [0.05, 0.1) is 6.54 Å². The molecule has 1 saturated heterocycles. The summed E-state index contributed by atoms with van der Waals surface area (Å²) in [5.74, 6) is -0.724. The molecule has 1 aromatic carbocycles. The summed E-state index contributed by atoms with van der Waals surface area (Å²) < 4.78 is 0. The van der Waals surface area contributed by atoms with Gasteiger partial charge in [-0.05, 0) is 52.3 Å². The number of amides is 1. The van der Waals surface area contributed by atoms with Gasteiger partial charge >= 0.3 is 5.97 Å². The van der Waals surface area contributed by atoms with Gasteiger partial charge in [0, 0.05) is 24.7 Å². The van der Waals surface area contributed by atoms with Gasteiger partial charge in [-0.2, -0.15) is 0 Å². The second-order valence-electron chi connectivity index (χ2n) is 6.56. The lowest BCUT2D eigenvalue weighted by molar-refractivity contribution is -0.138. The zero-order chi connectivity index (χ0) is 17.0. The van der Waals surface area contributed by atoms with Gasteiger partial charge in [-0.1, -0.05) is 17.2 Å². The predicted octanol–water partition coefficient (Wildman–Crippen LogP) is 2.31. The first kappa shape index (κ1) is 17.5. The van der Waals surface area contributed by atoms with Crippen molar-refractivity contribution in [3.05, 3.63) is 34.9 Å². The van der Waals surface area contributed by atoms with E-state index in [2.05, 4.69) is 6.07 Å². The van der Waals surface area contributed by atoms with E-state index in [1.165, 1.54) is 0 Å². The maximum Gasteiger partial charge on any atom is 0.317 e. The number of likely N-dealkylation sites (N-methyl/N-ethyl adjacent to an activating group) is 1. The first-order valence-electron chi connectivity index (χ1n) is 8.16. The van der Waals surface area contributed by atoms with Crippen LogP contribution in [-0.2, 0) is 4.79 Å². The van der Waals surface area contributed by atoms with Crippen LogP contribution in [-0.4, -0.2) is 59.5 Å². The lowest BCUT2D eigenvalue weighted by Crippen LogP contribution is -2.37. The van der Waals surface area contributed by atoms with Crippen LogP contribution in [0.4, 0.5) is 0 Å². The van der Waals surface area contributed by atoms with Crippen LogP contribution in [0, 0.1) is 13.8 Å². The highest BCUT2D eigenvalue weighted by Gasteiger charge is 2.24. The Morgan fingerprint density at radius 2 is 1.83 bits per heavy atom. The highest BCUT2D eigenvalue weighted by Crippen LogP contribution is 2.18. The van der Waals surface area contributed by atoms with Crippen LogP contribution in [0.15, 0.2) is 18.2 Å². The molecule has 0 radical (unpaired) electrons. The van der Waals surface area contributed by atoms with Crippen LogP contribution in [0.1, 0.15) is 40.7 Å². The second kappa shape index (κ2) is 7.59. The number of benzene rings is 1. The van der Waals surface area contributed by atoms with Crippen LogP contribution >= 0.6 is 0 Å². The molecule has 23 heavy (non-hydrogen) atoms. The molecule has 0 bridgehead atoms. The molecule has 1 aromatic rings. The number of carboxylic acids is 1. The molecule has 2 rings (SSSR count). The van der Waals surface area contributed by atoms with Crippen molar-refractivity contribution >= 4 is 11.9 Å². The van der Waals surface area contributed by atoms with Crippen LogP contribution in [0.3, 0.4) is 0 Å². The molecule has 1 aliphatic rings. The topological polar surface area (TPSA) is 60.9 Å². The summed E-state index contributed by atoms with van der Waals surface area (Å²) in [6.45, 7) is 5.48. The number of carbonyl (C=O) groups excluding carboxylic acids is 1. The molecule has 126 valence electrons. The van der Waals surface area contributed by atoms with Gasteiger partial charge in [-0.15, -0.1) is 0 Å². The largest absolute Gasteiger partial charge is 0.480 e. The number of carbonyl (C=O) groups is 2. The summed E-state index contributed by atoms with van der Waals surface area (Å²) in [5.41, 5.74) is 2.95. The van der Waals surface area contributed by atoms with Crippen LogP contribution in [0.25, 0.3) is 0 Å². The number of hydrogen-bond acceptors (Lipinski definition) is 3. The number of aryl methyl sites for hydroxylation is 2. The van der Waals surface area contributed by atoms with Crippen molar-refractivity contribution < 1.29 is 14.7 Å². The maximum absolute atomic E-state index is 12.7. The number of aliphatic carboxylic acids is 1. The number of carboxylic acid groups (broad SMARTS) is 1. The van der Waals surface area contributed by atoms with E-state index in [4.69, 9.17) is 5.11 Å². The Kier molecular flexibility index (Phi) is 5.77. The summed E-state index contributed by atoms with van der Waals surface area (Å²) in [6.07, 6.45) is 2.66. The predicted molar refractivity (Wildman–Crippen MR) is 89.7 cm³/mol. The fourth-order valence-electron chi connectivity index (χ4n) is 3.35. The molecule has 1 atom stereocenters. The maximum atomic E-state index is 12.7. The average Bonchev–Trinajstić information content (AvgIpc) is 2.70. The Labute approximate surface area is 137 Å². The van der Waals surface area contributed by atoms with E-state index in [0.29, 0.717) is 6.54 Å². The van der Waals surface area contributed by atoms with Crippen LogP contribution in [0.2, 0.25) is 0 Å². The molecule has 0 aromatic heterocycles. The molecule has 0 saturated carbocycles. The Hall–Kier alpha value is -1.88. The van der Waals surface area contributed by atoms with Crippen molar-refractivity contribution in [3.8, 4) is 0 Å². The summed E-state index contributed by atoms with van der Waals surface area (Å²) >= 11 is 0. The summed E-state index contributed by atoms with van der Waals surface area (Å²) in [6, 6.07) is 6.17. The first-order valence-corrected chi connectivity index (χ1v) is 8.16. The Morgan fingerprint density at radius 3 is 2.43 bits per heavy atom. The Morgan fingerprint density at radius 1 is 1.17 bits per heavy atom. The minimum atomic E-state index is -0.806. The molecule has 0 aliphatic carbocycles. The number of nitrogens with zero attached hydrogens (tertiary/aromatic N) is 2. The molecule has 1 unspecified atom stereocenters. The molecular weight excluding hydrogens is 292 g/mol. The van der Waals surface area contributed by atoms with Crippen molar-refractivity contribution in [1.82, 2.24) is 9.80 Å². The quantitative estimate of drug-likeness (QED) is 0.925. The van der Waals surface area contributed by atoms with E-state index in [0.717, 1.165) is 42.5 Å². The van der Waals surface area contributed by atoms with E-state index in [1.54, 1.807) is 0 Å². The zero-order valence-electron chi connectivity index (χ0n) is 14.2. The van der Waals surface area contributed by atoms with E-state index >= 15 is 0 Å². The summed E-state index contributed by atoms with van der Waals surface area (Å²) in [5, 5.41) is 8.92. The minimum Gasteiger partial charge on any atom is -0.480 e. The van der Waals surface area contributed by atoms with Gasteiger partial charge in [0.25, 0.3) is 5.91 Å². The molecule has 1 N–H and O–H groups in total. The average molecular weight is 318 g/mol. The van der Waals surface area contributed by atoms with Gasteiger partial charge in [0.1, 0.15) is 0 Å². The monoisotopic (exact) mass is 318 g/mol. The summed E-state index contributed by atoms with van der Waals surface area (Å²) in [4.78, 5) is 27.4. The number of likely N-dealkylation sites (tertiary alicyclic amines) is 1. The Balaban J connectivity index is 2.02. The van der Waals surface area contributed by atoms with Crippen molar-refractivity contribution in [2.45, 2.75) is 39.2 Å². The lowest BCUT2D eigenvalue weighted by atomic mass is 10.1. The third-order valence-electron chi connectivity index (χ3n) is 4.46. The van der Waals surface area contributed by atoms with E-state index in [1.807, 2.05) is 42.8 Å². The summed E-state index contributed by atoms with van der Waals surface area (Å²) in [7, 11) is 1.85. The van der Waals surface area contributed by atoms with Gasteiger partial charge in [-0.25, -0.2) is 0 Å². The molecule has 1 fully saturated rings. The molecular formula is C18H26N2O3. The van der Waals surface area contributed by atoms with E-state index in [9.17, 15) is 9.59 Å². The fourth-order valence-corrected chi connectivity index (χ4v) is 3.35. The molecule has 5 nitrogen and oxygen atoms in total. The highest BCUT2D eigenvalue weighted by molar-refractivity contribution is 5.94. The zero-order valence-corrected chi connectivity index (χ0v) is 14.2. The molecule has 1 aliphatic heterocycles. The van der Waals surface area contributed by atoms with Crippen molar-refractivity contribution in [2.24, 2.45) is 0 Å². The first-order chi connectivity index (χ1) is 10.9. The van der Waals surface area contributed by atoms with Crippen molar-refractivity contribution in [2.75, 3.05) is 26.7 Å². The van der Waals surface area contributed by atoms with Crippen LogP contribution in [0.5, 0.6) is 0 Å². The Bertz CT molecular complexity index is 565. The normalized spacial score (nSPS) is 18.8. The number of hydrogen-bond donors (Lipinski definition) is 1. The minimum absolute atomic E-state index is 0.0513. The molecule has 1 heterocycles. The van der Waals surface area contributed by atoms with Crippen molar-refractivity contribution in [1.29, 1.82) is 0 Å². The fraction of sp³-hybridized carbons (Fsp3) is 0.556. The molecule has 5 heteroatoms. The van der Waals surface area contributed by atoms with E-state index in [-0.39, 0.29) is 18.5 Å². The second-order valence-corrected chi connectivity index (χ2v) is 6.56. The lowest BCUT2D eigenvalue weighted by Gasteiger charge is -2.25. The van der Waals surface area contributed by atoms with Gasteiger partial charge in [-0.3, -0.25) is 14.5 Å². The van der Waals surface area contributed by atoms with Crippen molar-refractivity contribution in [3.63, 3.8) is 0 Å². The van der Waals surface area contributed by atoms with Crippen LogP contribution < -0.4 is 0 Å². The number of rotatable bonds is 4. The SMILES string of the molecule is Cc1cc(C)cc(C(=O)N2CCCC(N(C)CC(=O)O)CC2)c1. The third-order valence-corrected chi connectivity index (χ3v) is 4.46. The van der Waals surface area contributed by atoms with Gasteiger partial charge in [0.2, 0.25) is 0 Å². The third kappa shape index (κ3) is 4.79. The van der Waals surface area contributed by atoms with Gasteiger partial charge < -0.3 is 10.0 Å². The smallest absolute Gasteiger partial charge is 0.317 e. The molecule has 1 amide bonds. The highest BCUT2D eigenvalue weighted by atomic mass is 16.4. The molecule has 0 spiro atoms.